The molecule has 148 valence electrons. The number of thioether (sulfide) groups is 1. The molecule has 0 aliphatic carbocycles. The van der Waals surface area contributed by atoms with Crippen molar-refractivity contribution in [1.29, 1.82) is 0 Å². The third-order valence-corrected chi connectivity index (χ3v) is 4.85. The largest absolute Gasteiger partial charge is 0.351 e. The van der Waals surface area contributed by atoms with Gasteiger partial charge in [0.25, 0.3) is 5.91 Å². The lowest BCUT2D eigenvalue weighted by Crippen LogP contribution is -2.24. The smallest absolute Gasteiger partial charge is 0.256 e. The molecular formula is C21H19FN4O2S. The highest BCUT2D eigenvalue weighted by molar-refractivity contribution is 7.99. The predicted octanol–water partition coefficient (Wildman–Crippen LogP) is 3.58. The second-order valence-electron chi connectivity index (χ2n) is 6.27. The summed E-state index contributed by atoms with van der Waals surface area (Å²) in [5.74, 6) is -0.630. The summed E-state index contributed by atoms with van der Waals surface area (Å²) in [4.78, 5) is 24.1. The van der Waals surface area contributed by atoms with E-state index in [1.165, 1.54) is 35.5 Å². The summed E-state index contributed by atoms with van der Waals surface area (Å²) in [6, 6.07) is 16.6. The van der Waals surface area contributed by atoms with E-state index in [4.69, 9.17) is 0 Å². The highest BCUT2D eigenvalue weighted by atomic mass is 32.2. The van der Waals surface area contributed by atoms with E-state index >= 15 is 0 Å². The standard InChI is InChI=1S/C21H19FN4O2S/c1-14-5-7-15(8-6-14)12-23-19(27)13-29-20-10-9-18(25-26-20)24-21(28)16-3-2-4-17(22)11-16/h2-11H,12-13H2,1H3,(H,23,27)(H,24,25,28). The zero-order valence-corrected chi connectivity index (χ0v) is 16.5. The molecule has 2 amide bonds. The van der Waals surface area contributed by atoms with E-state index in [9.17, 15) is 14.0 Å². The molecule has 0 aliphatic rings. The summed E-state index contributed by atoms with van der Waals surface area (Å²) in [7, 11) is 0. The predicted molar refractivity (Wildman–Crippen MR) is 110 cm³/mol. The maximum atomic E-state index is 13.2. The molecule has 0 bridgehead atoms. The molecule has 8 heteroatoms. The van der Waals surface area contributed by atoms with Crippen LogP contribution in [0.2, 0.25) is 0 Å². The lowest BCUT2D eigenvalue weighted by molar-refractivity contribution is -0.118. The molecule has 0 atom stereocenters. The summed E-state index contributed by atoms with van der Waals surface area (Å²) in [6.45, 7) is 2.48. The van der Waals surface area contributed by atoms with Crippen LogP contribution in [0, 0.1) is 12.7 Å². The van der Waals surface area contributed by atoms with Gasteiger partial charge in [-0.3, -0.25) is 9.59 Å². The zero-order valence-electron chi connectivity index (χ0n) is 15.7. The van der Waals surface area contributed by atoms with Crippen LogP contribution in [0.5, 0.6) is 0 Å². The molecule has 0 unspecified atom stereocenters. The first kappa shape index (κ1) is 20.5. The SMILES string of the molecule is Cc1ccc(CNC(=O)CSc2ccc(NC(=O)c3cccc(F)c3)nn2)cc1. The minimum atomic E-state index is -0.490. The Kier molecular flexibility index (Phi) is 6.91. The van der Waals surface area contributed by atoms with E-state index in [2.05, 4.69) is 20.8 Å². The molecule has 29 heavy (non-hydrogen) atoms. The van der Waals surface area contributed by atoms with Crippen LogP contribution in [0.25, 0.3) is 0 Å². The number of benzene rings is 2. The Bertz CT molecular complexity index is 994. The van der Waals surface area contributed by atoms with Crippen molar-refractivity contribution < 1.29 is 14.0 Å². The van der Waals surface area contributed by atoms with E-state index in [1.54, 1.807) is 12.1 Å². The quantitative estimate of drug-likeness (QED) is 0.582. The molecule has 0 radical (unpaired) electrons. The fourth-order valence-electron chi connectivity index (χ4n) is 2.38. The Morgan fingerprint density at radius 2 is 1.83 bits per heavy atom. The van der Waals surface area contributed by atoms with E-state index in [-0.39, 0.29) is 23.0 Å². The highest BCUT2D eigenvalue weighted by Gasteiger charge is 2.09. The van der Waals surface area contributed by atoms with Gasteiger partial charge in [-0.15, -0.1) is 10.2 Å². The number of aryl methyl sites for hydroxylation is 1. The zero-order chi connectivity index (χ0) is 20.6. The minimum absolute atomic E-state index is 0.110. The lowest BCUT2D eigenvalue weighted by atomic mass is 10.1. The van der Waals surface area contributed by atoms with Crippen molar-refractivity contribution in [2.45, 2.75) is 18.5 Å². The van der Waals surface area contributed by atoms with Gasteiger partial charge in [0.05, 0.1) is 5.75 Å². The fourth-order valence-corrected chi connectivity index (χ4v) is 3.02. The van der Waals surface area contributed by atoms with Crippen LogP contribution in [0.1, 0.15) is 21.5 Å². The Hall–Kier alpha value is -3.26. The normalized spacial score (nSPS) is 10.4. The average molecular weight is 410 g/mol. The monoisotopic (exact) mass is 410 g/mol. The molecule has 2 aromatic carbocycles. The van der Waals surface area contributed by atoms with Crippen molar-refractivity contribution >= 4 is 29.4 Å². The third-order valence-electron chi connectivity index (χ3n) is 3.93. The van der Waals surface area contributed by atoms with Gasteiger partial charge in [0.2, 0.25) is 5.91 Å². The molecule has 2 N–H and O–H groups in total. The molecule has 1 heterocycles. The van der Waals surface area contributed by atoms with Crippen LogP contribution in [0.15, 0.2) is 65.7 Å². The van der Waals surface area contributed by atoms with Crippen molar-refractivity contribution in [1.82, 2.24) is 15.5 Å². The molecule has 0 aliphatic heterocycles. The second-order valence-corrected chi connectivity index (χ2v) is 7.27. The first-order chi connectivity index (χ1) is 14.0. The number of carbonyl (C=O) groups excluding carboxylic acids is 2. The van der Waals surface area contributed by atoms with E-state index in [0.29, 0.717) is 11.6 Å². The molecule has 0 saturated heterocycles. The Labute approximate surface area is 171 Å². The average Bonchev–Trinajstić information content (AvgIpc) is 2.73. The van der Waals surface area contributed by atoms with Crippen LogP contribution in [-0.4, -0.2) is 27.8 Å². The molecule has 0 fully saturated rings. The summed E-state index contributed by atoms with van der Waals surface area (Å²) in [5, 5.41) is 13.9. The number of rotatable bonds is 7. The Morgan fingerprint density at radius 1 is 1.03 bits per heavy atom. The first-order valence-corrected chi connectivity index (χ1v) is 9.84. The molecule has 3 aromatic rings. The topological polar surface area (TPSA) is 84.0 Å². The summed E-state index contributed by atoms with van der Waals surface area (Å²) < 4.78 is 13.2. The number of hydrogen-bond donors (Lipinski definition) is 2. The molecule has 0 spiro atoms. The number of aromatic nitrogens is 2. The molecule has 1 aromatic heterocycles. The van der Waals surface area contributed by atoms with Crippen molar-refractivity contribution in [3.8, 4) is 0 Å². The fraction of sp³-hybridized carbons (Fsp3) is 0.143. The summed E-state index contributed by atoms with van der Waals surface area (Å²) in [5.41, 5.74) is 2.40. The van der Waals surface area contributed by atoms with Crippen LogP contribution in [-0.2, 0) is 11.3 Å². The lowest BCUT2D eigenvalue weighted by Gasteiger charge is -2.06. The van der Waals surface area contributed by atoms with Crippen LogP contribution < -0.4 is 10.6 Å². The van der Waals surface area contributed by atoms with Crippen LogP contribution >= 0.6 is 11.8 Å². The van der Waals surface area contributed by atoms with E-state index < -0.39 is 11.7 Å². The Morgan fingerprint density at radius 3 is 2.52 bits per heavy atom. The number of amides is 2. The maximum Gasteiger partial charge on any atom is 0.256 e. The second kappa shape index (κ2) is 9.79. The van der Waals surface area contributed by atoms with Crippen LogP contribution in [0.3, 0.4) is 0 Å². The number of anilines is 1. The number of nitrogens with one attached hydrogen (secondary N) is 2. The molecule has 3 rings (SSSR count). The number of carbonyl (C=O) groups is 2. The van der Waals surface area contributed by atoms with Gasteiger partial charge in [-0.05, 0) is 42.8 Å². The number of nitrogens with zero attached hydrogens (tertiary/aromatic N) is 2. The number of halogens is 1. The van der Waals surface area contributed by atoms with Gasteiger partial charge in [-0.1, -0.05) is 47.7 Å². The Balaban J connectivity index is 1.45. The van der Waals surface area contributed by atoms with Crippen molar-refractivity contribution in [2.75, 3.05) is 11.1 Å². The van der Waals surface area contributed by atoms with Crippen molar-refractivity contribution in [3.05, 3.63) is 83.2 Å². The van der Waals surface area contributed by atoms with Gasteiger partial charge in [-0.25, -0.2) is 4.39 Å². The van der Waals surface area contributed by atoms with E-state index in [1.807, 2.05) is 31.2 Å². The highest BCUT2D eigenvalue weighted by Crippen LogP contribution is 2.16. The third kappa shape index (κ3) is 6.39. The van der Waals surface area contributed by atoms with Crippen LogP contribution in [0.4, 0.5) is 10.2 Å². The first-order valence-electron chi connectivity index (χ1n) is 8.85. The van der Waals surface area contributed by atoms with E-state index in [0.717, 1.165) is 11.6 Å². The summed E-state index contributed by atoms with van der Waals surface area (Å²) in [6.07, 6.45) is 0. The van der Waals surface area contributed by atoms with Gasteiger partial charge in [0.1, 0.15) is 10.8 Å². The molecular weight excluding hydrogens is 391 g/mol. The van der Waals surface area contributed by atoms with Gasteiger partial charge < -0.3 is 10.6 Å². The van der Waals surface area contributed by atoms with Gasteiger partial charge in [0, 0.05) is 12.1 Å². The minimum Gasteiger partial charge on any atom is -0.351 e. The molecule has 0 saturated carbocycles. The van der Waals surface area contributed by atoms with Crippen molar-refractivity contribution in [3.63, 3.8) is 0 Å². The van der Waals surface area contributed by atoms with Gasteiger partial charge >= 0.3 is 0 Å². The maximum absolute atomic E-state index is 13.2. The van der Waals surface area contributed by atoms with Gasteiger partial charge in [-0.2, -0.15) is 0 Å². The number of hydrogen-bond acceptors (Lipinski definition) is 5. The molecule has 6 nitrogen and oxygen atoms in total. The summed E-state index contributed by atoms with van der Waals surface area (Å²) >= 11 is 1.24. The van der Waals surface area contributed by atoms with Gasteiger partial charge in [0.15, 0.2) is 5.82 Å². The van der Waals surface area contributed by atoms with Crippen molar-refractivity contribution in [2.24, 2.45) is 0 Å².